The molecular formula is C23H31N3O2S. The average molecular weight is 414 g/mol. The van der Waals surface area contributed by atoms with Crippen molar-refractivity contribution in [2.75, 3.05) is 26.2 Å². The number of likely N-dealkylation sites (tertiary alicyclic amines) is 1. The van der Waals surface area contributed by atoms with E-state index in [2.05, 4.69) is 40.9 Å². The molecule has 1 fully saturated rings. The van der Waals surface area contributed by atoms with E-state index in [1.807, 2.05) is 30.3 Å². The highest BCUT2D eigenvalue weighted by atomic mass is 32.1. The summed E-state index contributed by atoms with van der Waals surface area (Å²) >= 11 is 1.68. The normalized spacial score (nSPS) is 17.5. The SMILES string of the molecule is CCN(CC)C(CNC(=O)C1CCCN1C(=O)Cc1ccccc1)c1ccsc1. The molecule has 1 saturated heterocycles. The maximum absolute atomic E-state index is 13.0. The van der Waals surface area contributed by atoms with Crippen LogP contribution in [-0.4, -0.2) is 53.8 Å². The smallest absolute Gasteiger partial charge is 0.242 e. The number of nitrogens with zero attached hydrogens (tertiary/aromatic N) is 2. The highest BCUT2D eigenvalue weighted by Gasteiger charge is 2.34. The number of carbonyl (C=O) groups excluding carboxylic acids is 2. The van der Waals surface area contributed by atoms with Gasteiger partial charge in [0.1, 0.15) is 6.04 Å². The van der Waals surface area contributed by atoms with Crippen molar-refractivity contribution in [2.24, 2.45) is 0 Å². The second kappa shape index (κ2) is 10.6. The molecule has 1 aliphatic rings. The molecule has 1 N–H and O–H groups in total. The topological polar surface area (TPSA) is 52.7 Å². The van der Waals surface area contributed by atoms with Crippen LogP contribution >= 0.6 is 11.3 Å². The first-order valence-electron chi connectivity index (χ1n) is 10.5. The highest BCUT2D eigenvalue weighted by Crippen LogP contribution is 2.23. The van der Waals surface area contributed by atoms with E-state index in [9.17, 15) is 9.59 Å². The summed E-state index contributed by atoms with van der Waals surface area (Å²) in [6.45, 7) is 7.37. The van der Waals surface area contributed by atoms with Gasteiger partial charge < -0.3 is 10.2 Å². The lowest BCUT2D eigenvalue weighted by molar-refractivity contribution is -0.138. The Kier molecular flexibility index (Phi) is 7.83. The van der Waals surface area contributed by atoms with Gasteiger partial charge in [0.05, 0.1) is 12.5 Å². The molecule has 2 atom stereocenters. The van der Waals surface area contributed by atoms with Crippen LogP contribution in [0.1, 0.15) is 43.9 Å². The van der Waals surface area contributed by atoms with Gasteiger partial charge in [-0.25, -0.2) is 0 Å². The second-order valence-electron chi connectivity index (χ2n) is 7.45. The Hall–Kier alpha value is -2.18. The maximum atomic E-state index is 13.0. The van der Waals surface area contributed by atoms with Crippen molar-refractivity contribution >= 4 is 23.2 Å². The first-order valence-corrected chi connectivity index (χ1v) is 11.5. The Morgan fingerprint density at radius 1 is 1.21 bits per heavy atom. The molecule has 1 aromatic carbocycles. The van der Waals surface area contributed by atoms with E-state index in [0.717, 1.165) is 31.5 Å². The molecule has 0 saturated carbocycles. The minimum absolute atomic E-state index is 0.0312. The number of carbonyl (C=O) groups is 2. The van der Waals surface area contributed by atoms with Gasteiger partial charge in [0.2, 0.25) is 11.8 Å². The van der Waals surface area contributed by atoms with Gasteiger partial charge >= 0.3 is 0 Å². The molecular weight excluding hydrogens is 382 g/mol. The second-order valence-corrected chi connectivity index (χ2v) is 8.23. The van der Waals surface area contributed by atoms with E-state index in [1.165, 1.54) is 5.56 Å². The monoisotopic (exact) mass is 413 g/mol. The summed E-state index contributed by atoms with van der Waals surface area (Å²) in [4.78, 5) is 29.9. The zero-order chi connectivity index (χ0) is 20.6. The van der Waals surface area contributed by atoms with E-state index >= 15 is 0 Å². The Morgan fingerprint density at radius 3 is 2.62 bits per heavy atom. The maximum Gasteiger partial charge on any atom is 0.242 e. The lowest BCUT2D eigenvalue weighted by Gasteiger charge is -2.31. The van der Waals surface area contributed by atoms with Crippen molar-refractivity contribution in [2.45, 2.75) is 45.2 Å². The third-order valence-electron chi connectivity index (χ3n) is 5.72. The first kappa shape index (κ1) is 21.5. The van der Waals surface area contributed by atoms with Gasteiger partial charge in [0.15, 0.2) is 0 Å². The summed E-state index contributed by atoms with van der Waals surface area (Å²) in [6, 6.07) is 11.7. The van der Waals surface area contributed by atoms with E-state index in [-0.39, 0.29) is 23.9 Å². The van der Waals surface area contributed by atoms with Gasteiger partial charge in [0, 0.05) is 13.1 Å². The molecule has 2 amide bonds. The Bertz CT molecular complexity index is 775. The van der Waals surface area contributed by atoms with Gasteiger partial charge in [-0.15, -0.1) is 0 Å². The number of nitrogens with one attached hydrogen (secondary N) is 1. The lowest BCUT2D eigenvalue weighted by atomic mass is 10.1. The van der Waals surface area contributed by atoms with Gasteiger partial charge in [0.25, 0.3) is 0 Å². The van der Waals surface area contributed by atoms with Crippen molar-refractivity contribution in [3.8, 4) is 0 Å². The molecule has 156 valence electrons. The Labute approximate surface area is 177 Å². The first-order chi connectivity index (χ1) is 14.1. The summed E-state index contributed by atoms with van der Waals surface area (Å²) in [5, 5.41) is 7.37. The number of rotatable bonds is 9. The third-order valence-corrected chi connectivity index (χ3v) is 6.43. The van der Waals surface area contributed by atoms with Crippen LogP contribution in [-0.2, 0) is 16.0 Å². The van der Waals surface area contributed by atoms with Gasteiger partial charge in [-0.3, -0.25) is 14.5 Å². The predicted molar refractivity (Wildman–Crippen MR) is 118 cm³/mol. The standard InChI is InChI=1S/C23H31N3O2S/c1-3-25(4-2)21(19-12-14-29-17-19)16-24-23(28)20-11-8-13-26(20)22(27)15-18-9-6-5-7-10-18/h5-7,9-10,12,14,17,20-21H,3-4,8,11,13,15-16H2,1-2H3,(H,24,28). The molecule has 0 aliphatic carbocycles. The Balaban J connectivity index is 1.61. The molecule has 0 spiro atoms. The molecule has 0 radical (unpaired) electrons. The molecule has 29 heavy (non-hydrogen) atoms. The zero-order valence-corrected chi connectivity index (χ0v) is 18.2. The third kappa shape index (κ3) is 5.46. The van der Waals surface area contributed by atoms with Crippen LogP contribution < -0.4 is 5.32 Å². The number of amides is 2. The van der Waals surface area contributed by atoms with Crippen LogP contribution in [0, 0.1) is 0 Å². The van der Waals surface area contributed by atoms with Crippen LogP contribution in [0.3, 0.4) is 0 Å². The predicted octanol–water partition coefficient (Wildman–Crippen LogP) is 3.48. The van der Waals surface area contributed by atoms with E-state index < -0.39 is 0 Å². The van der Waals surface area contributed by atoms with Gasteiger partial charge in [-0.1, -0.05) is 44.2 Å². The van der Waals surface area contributed by atoms with Crippen molar-refractivity contribution in [3.63, 3.8) is 0 Å². The van der Waals surface area contributed by atoms with Crippen LogP contribution in [0.15, 0.2) is 47.2 Å². The molecule has 2 aromatic rings. The number of hydrogen-bond acceptors (Lipinski definition) is 4. The van der Waals surface area contributed by atoms with Crippen LogP contribution in [0.25, 0.3) is 0 Å². The molecule has 1 aliphatic heterocycles. The highest BCUT2D eigenvalue weighted by molar-refractivity contribution is 7.07. The number of benzene rings is 1. The summed E-state index contributed by atoms with van der Waals surface area (Å²) in [5.74, 6) is 0.00303. The summed E-state index contributed by atoms with van der Waals surface area (Å²) in [7, 11) is 0. The Morgan fingerprint density at radius 2 is 1.97 bits per heavy atom. The van der Waals surface area contributed by atoms with Crippen LogP contribution in [0.5, 0.6) is 0 Å². The van der Waals surface area contributed by atoms with E-state index in [1.54, 1.807) is 16.2 Å². The average Bonchev–Trinajstić information content (AvgIpc) is 3.44. The van der Waals surface area contributed by atoms with E-state index in [0.29, 0.717) is 19.5 Å². The summed E-state index contributed by atoms with van der Waals surface area (Å²) in [6.07, 6.45) is 1.96. The molecule has 1 aromatic heterocycles. The molecule has 0 bridgehead atoms. The number of hydrogen-bond donors (Lipinski definition) is 1. The molecule has 5 nitrogen and oxygen atoms in total. The van der Waals surface area contributed by atoms with Gasteiger partial charge in [-0.2, -0.15) is 11.3 Å². The number of thiophene rings is 1. The van der Waals surface area contributed by atoms with E-state index in [4.69, 9.17) is 0 Å². The van der Waals surface area contributed by atoms with Gasteiger partial charge in [-0.05, 0) is 53.9 Å². The van der Waals surface area contributed by atoms with Crippen molar-refractivity contribution < 1.29 is 9.59 Å². The van der Waals surface area contributed by atoms with Crippen molar-refractivity contribution in [1.82, 2.24) is 15.1 Å². The summed E-state index contributed by atoms with van der Waals surface area (Å²) in [5.41, 5.74) is 2.23. The minimum atomic E-state index is -0.356. The largest absolute Gasteiger partial charge is 0.352 e. The molecule has 2 unspecified atom stereocenters. The minimum Gasteiger partial charge on any atom is -0.352 e. The fourth-order valence-electron chi connectivity index (χ4n) is 4.11. The molecule has 2 heterocycles. The van der Waals surface area contributed by atoms with Crippen molar-refractivity contribution in [1.29, 1.82) is 0 Å². The lowest BCUT2D eigenvalue weighted by Crippen LogP contribution is -2.48. The van der Waals surface area contributed by atoms with Crippen molar-refractivity contribution in [3.05, 3.63) is 58.3 Å². The fourth-order valence-corrected chi connectivity index (χ4v) is 4.82. The molecule has 6 heteroatoms. The zero-order valence-electron chi connectivity index (χ0n) is 17.3. The summed E-state index contributed by atoms with van der Waals surface area (Å²) < 4.78 is 0. The number of likely N-dealkylation sites (N-methyl/N-ethyl adjacent to an activating group) is 1. The van der Waals surface area contributed by atoms with Crippen LogP contribution in [0.4, 0.5) is 0 Å². The fraction of sp³-hybridized carbons (Fsp3) is 0.478. The molecule has 3 rings (SSSR count). The van der Waals surface area contributed by atoms with Crippen LogP contribution in [0.2, 0.25) is 0 Å². The quantitative estimate of drug-likeness (QED) is 0.685.